The molecule has 1 aliphatic rings. The van der Waals surface area contributed by atoms with Gasteiger partial charge in [-0.15, -0.1) is 0 Å². The van der Waals surface area contributed by atoms with Crippen LogP contribution in [0.1, 0.15) is 12.8 Å². The largest absolute Gasteiger partial charge is 0.497 e. The van der Waals surface area contributed by atoms with E-state index in [1.54, 1.807) is 7.11 Å². The molecule has 2 rings (SSSR count). The quantitative estimate of drug-likeness (QED) is 0.789. The maximum Gasteiger partial charge on any atom is 0.119 e. The summed E-state index contributed by atoms with van der Waals surface area (Å²) in [5, 5.41) is 6.88. The molecule has 1 atom stereocenters. The Morgan fingerprint density at radius 3 is 2.80 bits per heavy atom. The molecule has 1 fully saturated rings. The Kier molecular flexibility index (Phi) is 3.45. The summed E-state index contributed by atoms with van der Waals surface area (Å²) in [6.07, 6.45) is 2.58. The van der Waals surface area contributed by atoms with Crippen LogP contribution in [0.25, 0.3) is 0 Å². The van der Waals surface area contributed by atoms with Crippen LogP contribution in [0.3, 0.4) is 0 Å². The number of rotatable bonds is 4. The van der Waals surface area contributed by atoms with Crippen molar-refractivity contribution in [1.29, 1.82) is 0 Å². The predicted molar refractivity (Wildman–Crippen MR) is 62.5 cm³/mol. The van der Waals surface area contributed by atoms with E-state index in [1.807, 2.05) is 24.3 Å². The Morgan fingerprint density at radius 1 is 1.40 bits per heavy atom. The summed E-state index contributed by atoms with van der Waals surface area (Å²) in [6.45, 7) is 2.17. The topological polar surface area (TPSA) is 33.3 Å². The van der Waals surface area contributed by atoms with Crippen LogP contribution in [0.2, 0.25) is 0 Å². The minimum absolute atomic E-state index is 0.632. The molecule has 3 heteroatoms. The maximum atomic E-state index is 5.11. The smallest absolute Gasteiger partial charge is 0.119 e. The van der Waals surface area contributed by atoms with Crippen LogP contribution >= 0.6 is 0 Å². The maximum absolute atomic E-state index is 5.11. The van der Waals surface area contributed by atoms with Crippen LogP contribution < -0.4 is 15.4 Å². The van der Waals surface area contributed by atoms with E-state index in [1.165, 1.54) is 12.8 Å². The van der Waals surface area contributed by atoms with E-state index in [0.717, 1.165) is 24.5 Å². The molecule has 3 nitrogen and oxygen atoms in total. The zero-order valence-electron chi connectivity index (χ0n) is 9.12. The summed E-state index contributed by atoms with van der Waals surface area (Å²) in [6, 6.07) is 8.68. The van der Waals surface area contributed by atoms with Gasteiger partial charge in [-0.05, 0) is 43.7 Å². The summed E-state index contributed by atoms with van der Waals surface area (Å²) in [4.78, 5) is 0. The van der Waals surface area contributed by atoms with Gasteiger partial charge in [0.25, 0.3) is 0 Å². The first kappa shape index (κ1) is 10.3. The molecule has 82 valence electrons. The van der Waals surface area contributed by atoms with Gasteiger partial charge in [-0.1, -0.05) is 0 Å². The summed E-state index contributed by atoms with van der Waals surface area (Å²) < 4.78 is 5.11. The van der Waals surface area contributed by atoms with Gasteiger partial charge in [0.05, 0.1) is 7.11 Å². The predicted octanol–water partition coefficient (Wildman–Crippen LogP) is 1.86. The Balaban J connectivity index is 1.82. The highest BCUT2D eigenvalue weighted by molar-refractivity contribution is 5.46. The lowest BCUT2D eigenvalue weighted by molar-refractivity contribution is 0.415. The molecular weight excluding hydrogens is 188 g/mol. The van der Waals surface area contributed by atoms with Crippen molar-refractivity contribution in [2.45, 2.75) is 18.9 Å². The third-order valence-corrected chi connectivity index (χ3v) is 2.80. The van der Waals surface area contributed by atoms with Gasteiger partial charge in [0.1, 0.15) is 5.75 Å². The zero-order valence-corrected chi connectivity index (χ0v) is 9.12. The monoisotopic (exact) mass is 206 g/mol. The molecule has 0 aliphatic carbocycles. The number of ether oxygens (including phenoxy) is 1. The van der Waals surface area contributed by atoms with Crippen LogP contribution in [0, 0.1) is 0 Å². The van der Waals surface area contributed by atoms with Gasteiger partial charge >= 0.3 is 0 Å². The molecule has 1 heterocycles. The van der Waals surface area contributed by atoms with Crippen molar-refractivity contribution in [3.63, 3.8) is 0 Å². The van der Waals surface area contributed by atoms with Crippen molar-refractivity contribution >= 4 is 5.69 Å². The Labute approximate surface area is 90.8 Å². The highest BCUT2D eigenvalue weighted by Gasteiger charge is 2.12. The lowest BCUT2D eigenvalue weighted by atomic mass is 10.2. The molecule has 0 aromatic heterocycles. The second kappa shape index (κ2) is 5.03. The van der Waals surface area contributed by atoms with Crippen LogP contribution in [0.5, 0.6) is 5.75 Å². The van der Waals surface area contributed by atoms with Gasteiger partial charge in [0.15, 0.2) is 0 Å². The molecule has 1 aromatic carbocycles. The SMILES string of the molecule is COc1ccc(NCC2CCCN2)cc1. The first-order chi connectivity index (χ1) is 7.38. The highest BCUT2D eigenvalue weighted by Crippen LogP contribution is 2.15. The molecule has 0 spiro atoms. The van der Waals surface area contributed by atoms with Crippen molar-refractivity contribution in [2.24, 2.45) is 0 Å². The molecule has 0 radical (unpaired) electrons. The van der Waals surface area contributed by atoms with E-state index in [-0.39, 0.29) is 0 Å². The van der Waals surface area contributed by atoms with Crippen LogP contribution in [-0.4, -0.2) is 26.2 Å². The number of hydrogen-bond acceptors (Lipinski definition) is 3. The number of methoxy groups -OCH3 is 1. The summed E-state index contributed by atoms with van der Waals surface area (Å²) in [5.41, 5.74) is 1.16. The lowest BCUT2D eigenvalue weighted by Crippen LogP contribution is -2.29. The molecule has 1 unspecified atom stereocenters. The van der Waals surface area contributed by atoms with Gasteiger partial charge in [-0.2, -0.15) is 0 Å². The minimum Gasteiger partial charge on any atom is -0.497 e. The van der Waals surface area contributed by atoms with Gasteiger partial charge in [-0.25, -0.2) is 0 Å². The Bertz CT molecular complexity index is 291. The van der Waals surface area contributed by atoms with Crippen molar-refractivity contribution in [3.05, 3.63) is 24.3 Å². The van der Waals surface area contributed by atoms with E-state index >= 15 is 0 Å². The Morgan fingerprint density at radius 2 is 2.20 bits per heavy atom. The molecule has 0 saturated carbocycles. The zero-order chi connectivity index (χ0) is 10.5. The highest BCUT2D eigenvalue weighted by atomic mass is 16.5. The number of anilines is 1. The van der Waals surface area contributed by atoms with Crippen molar-refractivity contribution in [3.8, 4) is 5.75 Å². The van der Waals surface area contributed by atoms with Crippen LogP contribution in [-0.2, 0) is 0 Å². The molecule has 0 bridgehead atoms. The summed E-state index contributed by atoms with van der Waals surface area (Å²) in [5.74, 6) is 0.902. The second-order valence-corrected chi connectivity index (χ2v) is 3.90. The van der Waals surface area contributed by atoms with E-state index < -0.39 is 0 Å². The third-order valence-electron chi connectivity index (χ3n) is 2.80. The van der Waals surface area contributed by atoms with E-state index in [0.29, 0.717) is 6.04 Å². The van der Waals surface area contributed by atoms with Gasteiger partial charge in [-0.3, -0.25) is 0 Å². The number of benzene rings is 1. The third kappa shape index (κ3) is 2.86. The molecule has 1 aliphatic heterocycles. The molecule has 1 saturated heterocycles. The minimum atomic E-state index is 0.632. The van der Waals surface area contributed by atoms with Gasteiger partial charge in [0, 0.05) is 18.3 Å². The van der Waals surface area contributed by atoms with Gasteiger partial charge < -0.3 is 15.4 Å². The van der Waals surface area contributed by atoms with E-state index in [4.69, 9.17) is 4.74 Å². The first-order valence-electron chi connectivity index (χ1n) is 5.50. The normalized spacial score (nSPS) is 20.2. The summed E-state index contributed by atoms with van der Waals surface area (Å²) in [7, 11) is 1.69. The number of hydrogen-bond donors (Lipinski definition) is 2. The summed E-state index contributed by atoms with van der Waals surface area (Å²) >= 11 is 0. The number of nitrogens with one attached hydrogen (secondary N) is 2. The molecule has 15 heavy (non-hydrogen) atoms. The average molecular weight is 206 g/mol. The van der Waals surface area contributed by atoms with Crippen LogP contribution in [0.15, 0.2) is 24.3 Å². The van der Waals surface area contributed by atoms with Crippen LogP contribution in [0.4, 0.5) is 5.69 Å². The lowest BCUT2D eigenvalue weighted by Gasteiger charge is -2.12. The van der Waals surface area contributed by atoms with Crippen molar-refractivity contribution in [1.82, 2.24) is 5.32 Å². The van der Waals surface area contributed by atoms with Crippen molar-refractivity contribution in [2.75, 3.05) is 25.5 Å². The average Bonchev–Trinajstić information content (AvgIpc) is 2.80. The standard InChI is InChI=1S/C12H18N2O/c1-15-12-6-4-10(5-7-12)14-9-11-3-2-8-13-11/h4-7,11,13-14H,2-3,8-9H2,1H3. The van der Waals surface area contributed by atoms with E-state index in [2.05, 4.69) is 10.6 Å². The fourth-order valence-electron chi connectivity index (χ4n) is 1.88. The van der Waals surface area contributed by atoms with E-state index in [9.17, 15) is 0 Å². The van der Waals surface area contributed by atoms with Gasteiger partial charge in [0.2, 0.25) is 0 Å². The second-order valence-electron chi connectivity index (χ2n) is 3.90. The molecular formula is C12H18N2O. The first-order valence-corrected chi connectivity index (χ1v) is 5.50. The molecule has 0 amide bonds. The molecule has 2 N–H and O–H groups in total. The fourth-order valence-corrected chi connectivity index (χ4v) is 1.88. The Hall–Kier alpha value is -1.22. The van der Waals surface area contributed by atoms with Crippen molar-refractivity contribution < 1.29 is 4.74 Å². The fraction of sp³-hybridized carbons (Fsp3) is 0.500. The molecule has 1 aromatic rings.